The number of carbonyl (C=O) groups is 1. The Hall–Kier alpha value is -2.16. The van der Waals surface area contributed by atoms with Gasteiger partial charge in [-0.1, -0.05) is 30.3 Å². The molecular formula is C19H22N2O. The number of rotatable bonds is 3. The molecule has 2 aromatic rings. The summed E-state index contributed by atoms with van der Waals surface area (Å²) in [4.78, 5) is 18.8. The molecule has 0 spiro atoms. The Kier molecular flexibility index (Phi) is 4.52. The zero-order valence-corrected chi connectivity index (χ0v) is 13.0. The highest BCUT2D eigenvalue weighted by atomic mass is 16.2. The summed E-state index contributed by atoms with van der Waals surface area (Å²) in [5, 5.41) is 0. The molecule has 0 aliphatic carbocycles. The molecule has 22 heavy (non-hydrogen) atoms. The number of carbonyl (C=O) groups excluding carboxylic acids is 1. The Morgan fingerprint density at radius 2 is 2.00 bits per heavy atom. The first-order valence-electron chi connectivity index (χ1n) is 8.04. The molecule has 1 aromatic heterocycles. The van der Waals surface area contributed by atoms with Crippen molar-refractivity contribution in [3.8, 4) is 11.3 Å². The molecule has 0 saturated carbocycles. The van der Waals surface area contributed by atoms with E-state index in [1.54, 1.807) is 6.20 Å². The van der Waals surface area contributed by atoms with Crippen LogP contribution in [0.4, 0.5) is 0 Å². The molecule has 3 heteroatoms. The quantitative estimate of drug-likeness (QED) is 0.865. The number of hydrogen-bond acceptors (Lipinski definition) is 2. The molecule has 1 fully saturated rings. The van der Waals surface area contributed by atoms with Crippen LogP contribution >= 0.6 is 0 Å². The average molecular weight is 294 g/mol. The number of hydrogen-bond donors (Lipinski definition) is 0. The van der Waals surface area contributed by atoms with Gasteiger partial charge in [-0.3, -0.25) is 9.78 Å². The van der Waals surface area contributed by atoms with Crippen molar-refractivity contribution >= 4 is 5.91 Å². The van der Waals surface area contributed by atoms with Crippen LogP contribution in [0, 0.1) is 0 Å². The van der Waals surface area contributed by atoms with Gasteiger partial charge in [0.25, 0.3) is 0 Å². The van der Waals surface area contributed by atoms with Crippen LogP contribution in [0.5, 0.6) is 0 Å². The minimum Gasteiger partial charge on any atom is -0.340 e. The second-order valence-electron chi connectivity index (χ2n) is 6.02. The first-order valence-corrected chi connectivity index (χ1v) is 8.04. The molecule has 0 radical (unpaired) electrons. The van der Waals surface area contributed by atoms with Crippen molar-refractivity contribution in [2.45, 2.75) is 38.6 Å². The Bertz CT molecular complexity index is 622. The second kappa shape index (κ2) is 6.73. The molecule has 114 valence electrons. The zero-order chi connectivity index (χ0) is 15.4. The normalized spacial score (nSPS) is 18.2. The van der Waals surface area contributed by atoms with Crippen molar-refractivity contribution in [1.29, 1.82) is 0 Å². The summed E-state index contributed by atoms with van der Waals surface area (Å²) in [5.74, 6) is 0.248. The Morgan fingerprint density at radius 1 is 1.18 bits per heavy atom. The van der Waals surface area contributed by atoms with E-state index in [4.69, 9.17) is 0 Å². The Labute approximate surface area is 132 Å². The topological polar surface area (TPSA) is 33.2 Å². The fourth-order valence-electron chi connectivity index (χ4n) is 3.07. The highest BCUT2D eigenvalue weighted by molar-refractivity contribution is 5.79. The SMILES string of the molecule is C[C@H]1CCCCN1C(=O)Cc1ccc(-c2ccccn2)cc1. The summed E-state index contributed by atoms with van der Waals surface area (Å²) in [6.07, 6.45) is 5.79. The van der Waals surface area contributed by atoms with E-state index in [1.165, 1.54) is 6.42 Å². The first-order chi connectivity index (χ1) is 10.7. The molecule has 1 atom stereocenters. The smallest absolute Gasteiger partial charge is 0.227 e. The van der Waals surface area contributed by atoms with Crippen molar-refractivity contribution in [3.05, 3.63) is 54.2 Å². The van der Waals surface area contributed by atoms with Crippen LogP contribution in [0.3, 0.4) is 0 Å². The van der Waals surface area contributed by atoms with E-state index in [-0.39, 0.29) is 5.91 Å². The minimum atomic E-state index is 0.248. The molecular weight excluding hydrogens is 272 g/mol. The van der Waals surface area contributed by atoms with E-state index in [9.17, 15) is 4.79 Å². The van der Waals surface area contributed by atoms with Crippen molar-refractivity contribution in [1.82, 2.24) is 9.88 Å². The van der Waals surface area contributed by atoms with Gasteiger partial charge in [0.15, 0.2) is 0 Å². The van der Waals surface area contributed by atoms with Crippen LogP contribution in [-0.4, -0.2) is 28.4 Å². The third kappa shape index (κ3) is 3.35. The molecule has 3 rings (SSSR count). The summed E-state index contributed by atoms with van der Waals surface area (Å²) in [6.45, 7) is 3.06. The molecule has 0 bridgehead atoms. The minimum absolute atomic E-state index is 0.248. The molecule has 1 aliphatic rings. The molecule has 1 aliphatic heterocycles. The average Bonchev–Trinajstić information content (AvgIpc) is 2.57. The van der Waals surface area contributed by atoms with Crippen molar-refractivity contribution in [2.75, 3.05) is 6.54 Å². The van der Waals surface area contributed by atoms with Gasteiger partial charge in [0.2, 0.25) is 5.91 Å². The molecule has 0 unspecified atom stereocenters. The highest BCUT2D eigenvalue weighted by Crippen LogP contribution is 2.20. The number of nitrogens with zero attached hydrogens (tertiary/aromatic N) is 2. The monoisotopic (exact) mass is 294 g/mol. The van der Waals surface area contributed by atoms with Crippen LogP contribution < -0.4 is 0 Å². The number of piperidine rings is 1. The number of benzene rings is 1. The summed E-state index contributed by atoms with van der Waals surface area (Å²) in [6, 6.07) is 14.4. The summed E-state index contributed by atoms with van der Waals surface area (Å²) in [5.41, 5.74) is 3.12. The highest BCUT2D eigenvalue weighted by Gasteiger charge is 2.22. The number of likely N-dealkylation sites (tertiary alicyclic amines) is 1. The van der Waals surface area contributed by atoms with Gasteiger partial charge in [0, 0.05) is 24.3 Å². The zero-order valence-electron chi connectivity index (χ0n) is 13.0. The number of aromatic nitrogens is 1. The first kappa shape index (κ1) is 14.8. The van der Waals surface area contributed by atoms with Crippen LogP contribution in [0.2, 0.25) is 0 Å². The molecule has 1 aromatic carbocycles. The van der Waals surface area contributed by atoms with Crippen LogP contribution in [-0.2, 0) is 11.2 Å². The van der Waals surface area contributed by atoms with Crippen LogP contribution in [0.25, 0.3) is 11.3 Å². The van der Waals surface area contributed by atoms with Gasteiger partial charge in [0.05, 0.1) is 12.1 Å². The maximum Gasteiger partial charge on any atom is 0.227 e. The van der Waals surface area contributed by atoms with Crippen molar-refractivity contribution in [3.63, 3.8) is 0 Å². The van der Waals surface area contributed by atoms with Gasteiger partial charge in [-0.15, -0.1) is 0 Å². The van der Waals surface area contributed by atoms with E-state index in [2.05, 4.69) is 11.9 Å². The number of pyridine rings is 1. The lowest BCUT2D eigenvalue weighted by atomic mass is 10.0. The molecule has 0 N–H and O–H groups in total. The lowest BCUT2D eigenvalue weighted by molar-refractivity contribution is -0.133. The van der Waals surface area contributed by atoms with Crippen LogP contribution in [0.1, 0.15) is 31.7 Å². The fourth-order valence-corrected chi connectivity index (χ4v) is 3.07. The third-order valence-corrected chi connectivity index (χ3v) is 4.39. The molecule has 1 saturated heterocycles. The predicted octanol–water partition coefficient (Wildman–Crippen LogP) is 3.69. The van der Waals surface area contributed by atoms with Gasteiger partial charge in [-0.25, -0.2) is 0 Å². The molecule has 2 heterocycles. The maximum absolute atomic E-state index is 12.4. The largest absolute Gasteiger partial charge is 0.340 e. The Balaban J connectivity index is 1.67. The maximum atomic E-state index is 12.4. The third-order valence-electron chi connectivity index (χ3n) is 4.39. The standard InChI is InChI=1S/C19H22N2O/c1-15-6-3-5-13-21(15)19(22)14-16-8-10-17(11-9-16)18-7-2-4-12-20-18/h2,4,7-12,15H,3,5-6,13-14H2,1H3/t15-/m0/s1. The van der Waals surface area contributed by atoms with E-state index in [0.717, 1.165) is 36.2 Å². The second-order valence-corrected chi connectivity index (χ2v) is 6.02. The van der Waals surface area contributed by atoms with E-state index in [1.807, 2.05) is 47.4 Å². The molecule has 1 amide bonds. The summed E-state index contributed by atoms with van der Waals surface area (Å²) < 4.78 is 0. The van der Waals surface area contributed by atoms with Gasteiger partial charge < -0.3 is 4.90 Å². The van der Waals surface area contributed by atoms with Gasteiger partial charge >= 0.3 is 0 Å². The lowest BCUT2D eigenvalue weighted by Crippen LogP contribution is -2.42. The summed E-state index contributed by atoms with van der Waals surface area (Å²) >= 11 is 0. The predicted molar refractivity (Wildman–Crippen MR) is 88.4 cm³/mol. The van der Waals surface area contributed by atoms with E-state index in [0.29, 0.717) is 12.5 Å². The fraction of sp³-hybridized carbons (Fsp3) is 0.368. The van der Waals surface area contributed by atoms with Crippen molar-refractivity contribution < 1.29 is 4.79 Å². The lowest BCUT2D eigenvalue weighted by Gasteiger charge is -2.33. The van der Waals surface area contributed by atoms with Crippen molar-refractivity contribution in [2.24, 2.45) is 0 Å². The molecule has 3 nitrogen and oxygen atoms in total. The van der Waals surface area contributed by atoms with Gasteiger partial charge in [-0.2, -0.15) is 0 Å². The van der Waals surface area contributed by atoms with Gasteiger partial charge in [-0.05, 0) is 43.9 Å². The van der Waals surface area contributed by atoms with Crippen LogP contribution in [0.15, 0.2) is 48.7 Å². The van der Waals surface area contributed by atoms with E-state index < -0.39 is 0 Å². The number of amides is 1. The van der Waals surface area contributed by atoms with E-state index >= 15 is 0 Å². The summed E-state index contributed by atoms with van der Waals surface area (Å²) in [7, 11) is 0. The Morgan fingerprint density at radius 3 is 2.68 bits per heavy atom. The van der Waals surface area contributed by atoms with Gasteiger partial charge in [0.1, 0.15) is 0 Å².